The van der Waals surface area contributed by atoms with E-state index in [-0.39, 0.29) is 11.8 Å². The zero-order valence-electron chi connectivity index (χ0n) is 12.7. The third kappa shape index (κ3) is 2.54. The Labute approximate surface area is 138 Å². The lowest BCUT2D eigenvalue weighted by Crippen LogP contribution is -2.29. The van der Waals surface area contributed by atoms with Crippen molar-refractivity contribution in [3.05, 3.63) is 82.4 Å². The smallest absolute Gasteiger partial charge is 0.277 e. The van der Waals surface area contributed by atoms with Crippen molar-refractivity contribution < 1.29 is 9.90 Å². The Hall–Kier alpha value is -3.40. The number of aromatic nitrogens is 1. The Morgan fingerprint density at radius 1 is 1.00 bits per heavy atom. The van der Waals surface area contributed by atoms with Crippen LogP contribution in [0.1, 0.15) is 5.56 Å². The van der Waals surface area contributed by atoms with Crippen LogP contribution in [0.25, 0.3) is 23.4 Å². The maximum absolute atomic E-state index is 12.2. The molecule has 0 spiro atoms. The van der Waals surface area contributed by atoms with Gasteiger partial charge in [0.25, 0.3) is 5.91 Å². The number of benzene rings is 2. The summed E-state index contributed by atoms with van der Waals surface area (Å²) < 4.78 is 0. The van der Waals surface area contributed by atoms with Crippen molar-refractivity contribution in [3.63, 3.8) is 0 Å². The van der Waals surface area contributed by atoms with Crippen LogP contribution < -0.4 is 10.6 Å². The van der Waals surface area contributed by atoms with E-state index in [0.717, 1.165) is 16.5 Å². The van der Waals surface area contributed by atoms with Crippen molar-refractivity contribution >= 4 is 18.1 Å². The van der Waals surface area contributed by atoms with Crippen molar-refractivity contribution in [2.45, 2.75) is 0 Å². The van der Waals surface area contributed by atoms with E-state index in [1.165, 1.54) is 0 Å². The summed E-state index contributed by atoms with van der Waals surface area (Å²) in [6, 6.07) is 19.0. The lowest BCUT2D eigenvalue weighted by Gasteiger charge is -2.02. The minimum atomic E-state index is -0.310. The quantitative estimate of drug-likeness (QED) is 0.713. The van der Waals surface area contributed by atoms with Gasteiger partial charge in [0.05, 0.1) is 5.36 Å². The largest absolute Gasteiger partial charge is 0.494 e. The highest BCUT2D eigenvalue weighted by Crippen LogP contribution is 2.27. The Bertz CT molecular complexity index is 1080. The highest BCUT2D eigenvalue weighted by atomic mass is 16.3. The molecule has 0 aliphatic carbocycles. The summed E-state index contributed by atoms with van der Waals surface area (Å²) in [4.78, 5) is 19.2. The molecule has 24 heavy (non-hydrogen) atoms. The monoisotopic (exact) mass is 314 g/mol. The molecule has 116 valence electrons. The molecule has 2 heterocycles. The van der Waals surface area contributed by atoms with Gasteiger partial charge in [-0.05, 0) is 29.8 Å². The summed E-state index contributed by atoms with van der Waals surface area (Å²) in [7, 11) is 0. The van der Waals surface area contributed by atoms with Gasteiger partial charge >= 0.3 is 0 Å². The number of hydrogen-bond acceptors (Lipinski definition) is 2. The number of nitrogens with zero attached hydrogens (tertiary/aromatic N) is 1. The molecule has 0 atom stereocenters. The van der Waals surface area contributed by atoms with Crippen molar-refractivity contribution in [2.24, 2.45) is 4.99 Å². The fourth-order valence-electron chi connectivity index (χ4n) is 2.73. The molecule has 0 fully saturated rings. The molecule has 3 aromatic rings. The molecule has 1 aliphatic heterocycles. The SMILES string of the molecule is O=C1N=c2ccccc2=C/C1=C\c1cc(-c2ccccc2)[nH]c1O. The summed E-state index contributed by atoms with van der Waals surface area (Å²) in [5.41, 5.74) is 2.76. The number of carbonyl (C=O) groups is 1. The molecule has 4 heteroatoms. The van der Waals surface area contributed by atoms with E-state index in [1.807, 2.05) is 60.7 Å². The molecule has 4 rings (SSSR count). The fourth-order valence-corrected chi connectivity index (χ4v) is 2.73. The van der Waals surface area contributed by atoms with Gasteiger partial charge in [0.2, 0.25) is 0 Å². The first-order valence-electron chi connectivity index (χ1n) is 7.60. The molecule has 1 aromatic heterocycles. The first-order chi connectivity index (χ1) is 11.7. The topological polar surface area (TPSA) is 65.5 Å². The van der Waals surface area contributed by atoms with E-state index >= 15 is 0 Å². The van der Waals surface area contributed by atoms with Crippen LogP contribution in [0, 0.1) is 0 Å². The van der Waals surface area contributed by atoms with Crippen LogP contribution in [0.15, 0.2) is 71.2 Å². The molecule has 2 aromatic carbocycles. The number of rotatable bonds is 2. The van der Waals surface area contributed by atoms with Gasteiger partial charge in [0.1, 0.15) is 0 Å². The molecule has 4 nitrogen and oxygen atoms in total. The molecule has 0 saturated carbocycles. The minimum Gasteiger partial charge on any atom is -0.494 e. The molecule has 2 N–H and O–H groups in total. The molecule has 0 bridgehead atoms. The van der Waals surface area contributed by atoms with Crippen LogP contribution in [0.4, 0.5) is 0 Å². The Morgan fingerprint density at radius 3 is 2.58 bits per heavy atom. The maximum atomic E-state index is 12.2. The van der Waals surface area contributed by atoms with Gasteiger partial charge in [-0.2, -0.15) is 0 Å². The predicted molar refractivity (Wildman–Crippen MR) is 92.6 cm³/mol. The van der Waals surface area contributed by atoms with E-state index in [0.29, 0.717) is 16.5 Å². The number of H-pyrrole nitrogens is 1. The zero-order valence-corrected chi connectivity index (χ0v) is 12.7. The Kier molecular flexibility index (Phi) is 3.35. The summed E-state index contributed by atoms with van der Waals surface area (Å²) in [6.07, 6.45) is 3.44. The number of aromatic amines is 1. The van der Waals surface area contributed by atoms with Gasteiger partial charge < -0.3 is 10.1 Å². The van der Waals surface area contributed by atoms with Crippen LogP contribution in [-0.4, -0.2) is 16.0 Å². The first-order valence-corrected chi connectivity index (χ1v) is 7.60. The van der Waals surface area contributed by atoms with Crippen LogP contribution in [0.5, 0.6) is 5.88 Å². The number of amides is 1. The van der Waals surface area contributed by atoms with Crippen molar-refractivity contribution in [2.75, 3.05) is 0 Å². The van der Waals surface area contributed by atoms with Gasteiger partial charge in [0, 0.05) is 22.0 Å². The Balaban J connectivity index is 1.78. The highest BCUT2D eigenvalue weighted by Gasteiger charge is 2.13. The van der Waals surface area contributed by atoms with E-state index in [9.17, 15) is 9.90 Å². The highest BCUT2D eigenvalue weighted by molar-refractivity contribution is 6.07. The molecule has 1 amide bonds. The number of carbonyl (C=O) groups excluding carboxylic acids is 1. The van der Waals surface area contributed by atoms with Crippen molar-refractivity contribution in [1.29, 1.82) is 0 Å². The van der Waals surface area contributed by atoms with Gasteiger partial charge in [0.15, 0.2) is 5.88 Å². The fraction of sp³-hybridized carbons (Fsp3) is 0. The number of fused-ring (bicyclic) bond motifs is 1. The van der Waals surface area contributed by atoms with Gasteiger partial charge in [-0.3, -0.25) is 4.79 Å². The maximum Gasteiger partial charge on any atom is 0.277 e. The number of aromatic hydroxyl groups is 1. The lowest BCUT2D eigenvalue weighted by molar-refractivity contribution is -0.114. The zero-order chi connectivity index (χ0) is 16.5. The van der Waals surface area contributed by atoms with E-state index in [4.69, 9.17) is 0 Å². The molecule has 1 aliphatic rings. The standard InChI is InChI=1S/C20H14N2O2/c23-19-15(10-14-8-4-5-9-17(14)21-19)11-16-12-18(22-20(16)24)13-6-2-1-3-7-13/h1-12,22,24H/b15-11+. The van der Waals surface area contributed by atoms with E-state index in [2.05, 4.69) is 9.98 Å². The minimum absolute atomic E-state index is 0.0291. The van der Waals surface area contributed by atoms with Crippen LogP contribution >= 0.6 is 0 Å². The normalized spacial score (nSPS) is 14.8. The van der Waals surface area contributed by atoms with Gasteiger partial charge in [-0.15, -0.1) is 0 Å². The average molecular weight is 314 g/mol. The van der Waals surface area contributed by atoms with Gasteiger partial charge in [-0.25, -0.2) is 4.99 Å². The molecular formula is C20H14N2O2. The van der Waals surface area contributed by atoms with E-state index in [1.54, 1.807) is 12.2 Å². The van der Waals surface area contributed by atoms with Crippen molar-refractivity contribution in [3.8, 4) is 17.1 Å². The second-order valence-corrected chi connectivity index (χ2v) is 5.57. The summed E-state index contributed by atoms with van der Waals surface area (Å²) in [6.45, 7) is 0. The summed E-state index contributed by atoms with van der Waals surface area (Å²) in [5, 5.41) is 11.7. The number of para-hydroxylation sites is 1. The van der Waals surface area contributed by atoms with Crippen LogP contribution in [-0.2, 0) is 4.79 Å². The van der Waals surface area contributed by atoms with Crippen molar-refractivity contribution in [1.82, 2.24) is 4.98 Å². The predicted octanol–water partition coefficient (Wildman–Crippen LogP) is 2.41. The lowest BCUT2D eigenvalue weighted by atomic mass is 10.1. The van der Waals surface area contributed by atoms with E-state index < -0.39 is 0 Å². The summed E-state index contributed by atoms with van der Waals surface area (Å²) >= 11 is 0. The second kappa shape index (κ2) is 5.66. The molecule has 0 radical (unpaired) electrons. The third-order valence-electron chi connectivity index (χ3n) is 3.94. The second-order valence-electron chi connectivity index (χ2n) is 5.57. The van der Waals surface area contributed by atoms with Crippen LogP contribution in [0.3, 0.4) is 0 Å². The van der Waals surface area contributed by atoms with Crippen LogP contribution in [0.2, 0.25) is 0 Å². The average Bonchev–Trinajstić information content (AvgIpc) is 2.97. The molecule has 0 unspecified atom stereocenters. The third-order valence-corrected chi connectivity index (χ3v) is 3.94. The molecule has 0 saturated heterocycles. The van der Waals surface area contributed by atoms with Gasteiger partial charge in [-0.1, -0.05) is 48.5 Å². The number of hydrogen-bond donors (Lipinski definition) is 2. The summed E-state index contributed by atoms with van der Waals surface area (Å²) in [5.74, 6) is -0.281. The molecular weight excluding hydrogens is 300 g/mol. The number of nitrogens with one attached hydrogen (secondary N) is 1. The first kappa shape index (κ1) is 14.2. The Morgan fingerprint density at radius 2 is 1.75 bits per heavy atom.